The lowest BCUT2D eigenvalue weighted by atomic mass is 9.96. The number of ether oxygens (including phenoxy) is 3. The van der Waals surface area contributed by atoms with Crippen molar-refractivity contribution in [1.29, 1.82) is 0 Å². The summed E-state index contributed by atoms with van der Waals surface area (Å²) in [4.78, 5) is 22.2. The molecular formula is C24H29N3O4. The molecule has 164 valence electrons. The molecule has 0 radical (unpaired) electrons. The fraction of sp³-hybridized carbons (Fsp3) is 0.375. The fourth-order valence-electron chi connectivity index (χ4n) is 3.43. The maximum atomic E-state index is 12.7. The molecule has 7 heteroatoms. The Kier molecular flexibility index (Phi) is 7.65. The third-order valence-corrected chi connectivity index (χ3v) is 5.05. The first-order chi connectivity index (χ1) is 15.0. The predicted octanol–water partition coefficient (Wildman–Crippen LogP) is 4.15. The van der Waals surface area contributed by atoms with Crippen LogP contribution in [-0.4, -0.2) is 44.2 Å². The highest BCUT2D eigenvalue weighted by molar-refractivity contribution is 5.95. The maximum Gasteiger partial charge on any atom is 0.408 e. The summed E-state index contributed by atoms with van der Waals surface area (Å²) in [6.07, 6.45) is -0.548. The number of methoxy groups -OCH3 is 2. The topological polar surface area (TPSA) is 81.5 Å². The van der Waals surface area contributed by atoms with E-state index in [2.05, 4.69) is 5.32 Å². The number of alkyl carbamates (subject to hydrolysis) is 1. The molecule has 3 atom stereocenters. The first kappa shape index (κ1) is 22.3. The van der Waals surface area contributed by atoms with Crippen LogP contribution in [-0.2, 0) is 20.8 Å². The molecule has 7 nitrogen and oxygen atoms in total. The van der Waals surface area contributed by atoms with Crippen LogP contribution < -0.4 is 5.32 Å². The van der Waals surface area contributed by atoms with E-state index < -0.39 is 18.2 Å². The number of rotatable bonds is 6. The normalized spacial score (nSPS) is 19.1. The van der Waals surface area contributed by atoms with Gasteiger partial charge in [-0.3, -0.25) is 0 Å². The van der Waals surface area contributed by atoms with Gasteiger partial charge in [-0.1, -0.05) is 74.5 Å². The molecule has 3 rings (SSSR count). The zero-order chi connectivity index (χ0) is 22.2. The molecule has 0 fully saturated rings. The molecule has 0 aliphatic carbocycles. The third-order valence-electron chi connectivity index (χ3n) is 5.05. The van der Waals surface area contributed by atoms with Gasteiger partial charge in [-0.25, -0.2) is 14.8 Å². The van der Waals surface area contributed by atoms with E-state index in [9.17, 15) is 4.79 Å². The van der Waals surface area contributed by atoms with Crippen LogP contribution in [0.5, 0.6) is 0 Å². The van der Waals surface area contributed by atoms with E-state index in [1.807, 2.05) is 74.5 Å². The highest BCUT2D eigenvalue weighted by Gasteiger charge is 2.37. The standard InChI is InChI=1S/C24H29N3O4/c1-16(2)19-22(29-3)26-21(23(25-19)30-4)20(18-13-9-6-10-14-18)27-24(28)31-15-17-11-7-5-8-12-17/h5-14,16,19-21H,15H2,1-4H3,(H,27,28)/t19-,20+,21+/m1/s1. The van der Waals surface area contributed by atoms with Crippen molar-refractivity contribution in [3.63, 3.8) is 0 Å². The Morgan fingerprint density at radius 1 is 0.903 bits per heavy atom. The lowest BCUT2D eigenvalue weighted by Crippen LogP contribution is -2.45. The number of carbonyl (C=O) groups is 1. The van der Waals surface area contributed by atoms with Crippen molar-refractivity contribution < 1.29 is 19.0 Å². The van der Waals surface area contributed by atoms with Crippen molar-refractivity contribution in [1.82, 2.24) is 5.32 Å². The Balaban J connectivity index is 1.85. The first-order valence-electron chi connectivity index (χ1n) is 10.3. The van der Waals surface area contributed by atoms with Crippen LogP contribution in [0, 0.1) is 5.92 Å². The van der Waals surface area contributed by atoms with Gasteiger partial charge in [-0.2, -0.15) is 0 Å². The van der Waals surface area contributed by atoms with Crippen LogP contribution in [0.4, 0.5) is 4.79 Å². The van der Waals surface area contributed by atoms with Gasteiger partial charge in [0, 0.05) is 0 Å². The Labute approximate surface area is 183 Å². The van der Waals surface area contributed by atoms with Crippen molar-refractivity contribution in [2.24, 2.45) is 15.9 Å². The van der Waals surface area contributed by atoms with Crippen LogP contribution in [0.3, 0.4) is 0 Å². The van der Waals surface area contributed by atoms with Gasteiger partial charge < -0.3 is 19.5 Å². The summed E-state index contributed by atoms with van der Waals surface area (Å²) in [7, 11) is 3.14. The smallest absolute Gasteiger partial charge is 0.408 e. The molecule has 0 saturated carbocycles. The van der Waals surface area contributed by atoms with Gasteiger partial charge in [-0.05, 0) is 17.0 Å². The Morgan fingerprint density at radius 2 is 1.45 bits per heavy atom. The Hall–Kier alpha value is -3.35. The maximum absolute atomic E-state index is 12.7. The molecular weight excluding hydrogens is 394 g/mol. The van der Waals surface area contributed by atoms with Crippen LogP contribution >= 0.6 is 0 Å². The number of nitrogens with zero attached hydrogens (tertiary/aromatic N) is 2. The lowest BCUT2D eigenvalue weighted by molar-refractivity contribution is 0.134. The number of hydrogen-bond acceptors (Lipinski definition) is 6. The molecule has 31 heavy (non-hydrogen) atoms. The van der Waals surface area contributed by atoms with E-state index in [0.29, 0.717) is 11.8 Å². The number of amides is 1. The average molecular weight is 424 g/mol. The molecule has 0 saturated heterocycles. The number of hydrogen-bond donors (Lipinski definition) is 1. The molecule has 1 heterocycles. The second kappa shape index (κ2) is 10.6. The molecule has 2 aromatic carbocycles. The van der Waals surface area contributed by atoms with Gasteiger partial charge in [0.15, 0.2) is 6.04 Å². The Morgan fingerprint density at radius 3 is 2.03 bits per heavy atom. The van der Waals surface area contributed by atoms with Crippen molar-refractivity contribution in [3.05, 3.63) is 71.8 Å². The largest absolute Gasteiger partial charge is 0.483 e. The zero-order valence-corrected chi connectivity index (χ0v) is 18.3. The van der Waals surface area contributed by atoms with Gasteiger partial charge in [0.2, 0.25) is 11.8 Å². The summed E-state index contributed by atoms with van der Waals surface area (Å²) in [5.41, 5.74) is 1.77. The first-order valence-corrected chi connectivity index (χ1v) is 10.3. The van der Waals surface area contributed by atoms with E-state index in [-0.39, 0.29) is 18.6 Å². The fourth-order valence-corrected chi connectivity index (χ4v) is 3.43. The molecule has 0 aromatic heterocycles. The number of aliphatic imine (C=N–C) groups is 2. The summed E-state index contributed by atoms with van der Waals surface area (Å²) >= 11 is 0. The van der Waals surface area contributed by atoms with Crippen LogP contribution in [0.25, 0.3) is 0 Å². The number of carbonyl (C=O) groups excluding carboxylic acids is 1. The van der Waals surface area contributed by atoms with Crippen molar-refractivity contribution in [2.45, 2.75) is 38.6 Å². The summed E-state index contributed by atoms with van der Waals surface area (Å²) in [5, 5.41) is 2.94. The minimum absolute atomic E-state index is 0.173. The molecule has 1 aliphatic rings. The van der Waals surface area contributed by atoms with Gasteiger partial charge >= 0.3 is 6.09 Å². The molecule has 2 aromatic rings. The molecule has 1 amide bonds. The summed E-state index contributed by atoms with van der Waals surface area (Å²) in [6, 6.07) is 17.7. The van der Waals surface area contributed by atoms with Crippen molar-refractivity contribution in [3.8, 4) is 0 Å². The summed E-state index contributed by atoms with van der Waals surface area (Å²) in [6.45, 7) is 4.26. The lowest BCUT2D eigenvalue weighted by Gasteiger charge is -2.31. The minimum atomic E-state index is -0.582. The second-order valence-corrected chi connectivity index (χ2v) is 7.57. The van der Waals surface area contributed by atoms with Gasteiger partial charge in [0.05, 0.1) is 20.3 Å². The van der Waals surface area contributed by atoms with Gasteiger partial charge in [0.1, 0.15) is 12.6 Å². The van der Waals surface area contributed by atoms with Gasteiger partial charge in [0.25, 0.3) is 0 Å². The van der Waals surface area contributed by atoms with E-state index in [1.165, 1.54) is 0 Å². The average Bonchev–Trinajstić information content (AvgIpc) is 2.81. The van der Waals surface area contributed by atoms with Crippen molar-refractivity contribution >= 4 is 17.9 Å². The molecule has 0 bridgehead atoms. The highest BCUT2D eigenvalue weighted by Crippen LogP contribution is 2.27. The monoisotopic (exact) mass is 423 g/mol. The van der Waals surface area contributed by atoms with E-state index >= 15 is 0 Å². The molecule has 0 unspecified atom stereocenters. The van der Waals surface area contributed by atoms with Crippen LogP contribution in [0.2, 0.25) is 0 Å². The zero-order valence-electron chi connectivity index (χ0n) is 18.3. The van der Waals surface area contributed by atoms with E-state index in [1.54, 1.807) is 14.2 Å². The number of benzene rings is 2. The number of nitrogens with one attached hydrogen (secondary N) is 1. The second-order valence-electron chi connectivity index (χ2n) is 7.57. The molecule has 0 spiro atoms. The Bertz CT molecular complexity index is 913. The van der Waals surface area contributed by atoms with E-state index in [0.717, 1.165) is 11.1 Å². The van der Waals surface area contributed by atoms with E-state index in [4.69, 9.17) is 24.2 Å². The van der Waals surface area contributed by atoms with Crippen molar-refractivity contribution in [2.75, 3.05) is 14.2 Å². The minimum Gasteiger partial charge on any atom is -0.483 e. The summed E-state index contributed by atoms with van der Waals surface area (Å²) < 4.78 is 16.6. The molecule has 1 N–H and O–H groups in total. The van der Waals surface area contributed by atoms with Crippen LogP contribution in [0.15, 0.2) is 70.6 Å². The summed E-state index contributed by atoms with van der Waals surface area (Å²) in [5.74, 6) is 1.14. The predicted molar refractivity (Wildman–Crippen MR) is 120 cm³/mol. The highest BCUT2D eigenvalue weighted by atomic mass is 16.5. The molecule has 1 aliphatic heterocycles. The SMILES string of the molecule is COC1=N[C@H](C(C)C)C(OC)=N[C@H]1[C@@H](NC(=O)OCc1ccccc1)c1ccccc1. The van der Waals surface area contributed by atoms with Gasteiger partial charge in [-0.15, -0.1) is 0 Å². The third kappa shape index (κ3) is 5.63. The van der Waals surface area contributed by atoms with Crippen LogP contribution in [0.1, 0.15) is 31.0 Å². The quantitative estimate of drug-likeness (QED) is 0.757.